The molecule has 0 aliphatic rings. The Bertz CT molecular complexity index is 1850. The maximum absolute atomic E-state index is 12.2. The molecule has 0 bridgehead atoms. The van der Waals surface area contributed by atoms with Crippen LogP contribution in [0.1, 0.15) is 13.8 Å². The summed E-state index contributed by atoms with van der Waals surface area (Å²) >= 11 is 0. The van der Waals surface area contributed by atoms with E-state index in [1.807, 2.05) is 0 Å². The van der Waals surface area contributed by atoms with Gasteiger partial charge in [0.25, 0.3) is 23.2 Å². The fourth-order valence-corrected chi connectivity index (χ4v) is 3.69. The van der Waals surface area contributed by atoms with Crippen molar-refractivity contribution in [1.82, 2.24) is 0 Å². The second-order valence-electron chi connectivity index (χ2n) is 9.81. The Morgan fingerprint density at radius 1 is 0.596 bits per heavy atom. The molecule has 0 saturated heterocycles. The summed E-state index contributed by atoms with van der Waals surface area (Å²) in [7, 11) is 0. The number of hydrazone groups is 2. The van der Waals surface area contributed by atoms with Crippen LogP contribution in [-0.4, -0.2) is 54.9 Å². The van der Waals surface area contributed by atoms with E-state index in [1.165, 1.54) is 0 Å². The predicted octanol–water partition coefficient (Wildman–Crippen LogP) is 1.59. The number of nitrogens with zero attached hydrogens (tertiary/aromatic N) is 4. The number of aromatic hydroxyl groups is 2. The Balaban J connectivity index is 0.000000501. The van der Waals surface area contributed by atoms with Gasteiger partial charge in [0.2, 0.25) is 0 Å². The molecular formula is C32H28CoLiN8O10+. The van der Waals surface area contributed by atoms with E-state index in [2.05, 4.69) is 31.7 Å². The summed E-state index contributed by atoms with van der Waals surface area (Å²) < 4.78 is 0. The molecule has 0 fully saturated rings. The minimum absolute atomic E-state index is 0. The molecule has 18 nitrogen and oxygen atoms in total. The van der Waals surface area contributed by atoms with E-state index in [-0.39, 0.29) is 69.9 Å². The molecule has 52 heavy (non-hydrogen) atoms. The van der Waals surface area contributed by atoms with Gasteiger partial charge in [-0.15, -0.1) is 0 Å². The van der Waals surface area contributed by atoms with E-state index in [0.717, 1.165) is 50.2 Å². The van der Waals surface area contributed by atoms with Gasteiger partial charge in [-0.2, -0.15) is 10.2 Å². The SMILES string of the molecule is CC(=O)/C(=N\Nc1cc([N+](=O)[O-])ccc1O)C(=O)Nc1ccccc1.CC(=O)/C(=N\Nc1cc([N+](=O)[O-])ccc1O)C(=O)Nc1ccccc1.[Co].[Li+]. The molecule has 0 aliphatic carbocycles. The molecule has 0 heterocycles. The topological polar surface area (TPSA) is 268 Å². The van der Waals surface area contributed by atoms with Crippen LogP contribution in [0.2, 0.25) is 0 Å². The van der Waals surface area contributed by atoms with Gasteiger partial charge >= 0.3 is 18.9 Å². The summed E-state index contributed by atoms with van der Waals surface area (Å²) in [5.74, 6) is -3.38. The van der Waals surface area contributed by atoms with Crippen LogP contribution >= 0.6 is 0 Å². The van der Waals surface area contributed by atoms with Crippen LogP contribution in [0.4, 0.5) is 34.1 Å². The Kier molecular flexibility index (Phi) is 17.6. The van der Waals surface area contributed by atoms with Crippen LogP contribution in [0.25, 0.3) is 0 Å². The molecule has 0 unspecified atom stereocenters. The summed E-state index contributed by atoms with van der Waals surface area (Å²) in [6.07, 6.45) is 0. The number of para-hydroxylation sites is 2. The number of carbonyl (C=O) groups excluding carboxylic acids is 4. The van der Waals surface area contributed by atoms with Gasteiger partial charge in [0.15, 0.2) is 23.0 Å². The van der Waals surface area contributed by atoms with E-state index >= 15 is 0 Å². The zero-order valence-corrected chi connectivity index (χ0v) is 28.6. The van der Waals surface area contributed by atoms with Crippen molar-refractivity contribution < 1.29 is 74.9 Å². The number of nitrogens with one attached hydrogen (secondary N) is 4. The van der Waals surface area contributed by atoms with Crippen molar-refractivity contribution in [2.24, 2.45) is 10.2 Å². The number of nitro groups is 2. The zero-order chi connectivity index (χ0) is 36.8. The van der Waals surface area contributed by atoms with Crippen LogP contribution in [0, 0.1) is 20.2 Å². The van der Waals surface area contributed by atoms with Crippen molar-refractivity contribution in [3.05, 3.63) is 117 Å². The van der Waals surface area contributed by atoms with Gasteiger partial charge in [0.1, 0.15) is 22.9 Å². The van der Waals surface area contributed by atoms with Crippen molar-refractivity contribution in [2.45, 2.75) is 13.8 Å². The molecule has 0 atom stereocenters. The normalized spacial score (nSPS) is 10.4. The first-order chi connectivity index (χ1) is 23.8. The number of nitro benzene ring substituents is 2. The van der Waals surface area contributed by atoms with Crippen LogP contribution in [-0.2, 0) is 36.0 Å². The number of amides is 2. The quantitative estimate of drug-likeness (QED) is 0.0301. The van der Waals surface area contributed by atoms with E-state index in [0.29, 0.717) is 11.4 Å². The first kappa shape index (κ1) is 43.6. The Morgan fingerprint density at radius 3 is 1.21 bits per heavy atom. The number of non-ortho nitro benzene ring substituents is 2. The molecule has 4 aromatic carbocycles. The minimum Gasteiger partial charge on any atom is -0.506 e. The molecule has 0 saturated carbocycles. The molecule has 4 rings (SSSR count). The number of phenols is 2. The van der Waals surface area contributed by atoms with E-state index in [9.17, 15) is 49.6 Å². The van der Waals surface area contributed by atoms with Gasteiger partial charge in [-0.1, -0.05) is 36.4 Å². The first-order valence-electron chi connectivity index (χ1n) is 14.1. The number of hydrogen-bond acceptors (Lipinski definition) is 14. The van der Waals surface area contributed by atoms with Gasteiger partial charge in [0, 0.05) is 66.3 Å². The maximum Gasteiger partial charge on any atom is 1.00 e. The maximum atomic E-state index is 12.2. The molecule has 1 radical (unpaired) electrons. The van der Waals surface area contributed by atoms with E-state index < -0.39 is 44.7 Å². The van der Waals surface area contributed by atoms with Gasteiger partial charge in [-0.05, 0) is 36.4 Å². The molecule has 6 N–H and O–H groups in total. The van der Waals surface area contributed by atoms with Crippen molar-refractivity contribution in [1.29, 1.82) is 0 Å². The van der Waals surface area contributed by atoms with E-state index in [1.54, 1.807) is 60.7 Å². The average Bonchev–Trinajstić information content (AvgIpc) is 3.07. The summed E-state index contributed by atoms with van der Waals surface area (Å²) in [5.41, 5.74) is 3.87. The Morgan fingerprint density at radius 2 is 0.923 bits per heavy atom. The fourth-order valence-electron chi connectivity index (χ4n) is 3.69. The van der Waals surface area contributed by atoms with Crippen molar-refractivity contribution >= 4 is 68.9 Å². The Labute approximate surface area is 317 Å². The number of benzene rings is 4. The van der Waals surface area contributed by atoms with Crippen LogP contribution < -0.4 is 40.3 Å². The number of hydrogen-bond donors (Lipinski definition) is 6. The largest absolute Gasteiger partial charge is 1.00 e. The molecular weight excluding hydrogens is 722 g/mol. The smallest absolute Gasteiger partial charge is 0.506 e. The molecule has 20 heteroatoms. The first-order valence-corrected chi connectivity index (χ1v) is 14.1. The van der Waals surface area contributed by atoms with Gasteiger partial charge in [-0.3, -0.25) is 50.3 Å². The van der Waals surface area contributed by atoms with Crippen molar-refractivity contribution in [3.8, 4) is 11.5 Å². The number of anilines is 4. The van der Waals surface area contributed by atoms with E-state index in [4.69, 9.17) is 0 Å². The van der Waals surface area contributed by atoms with Crippen LogP contribution in [0.15, 0.2) is 107 Å². The van der Waals surface area contributed by atoms with Crippen LogP contribution in [0.5, 0.6) is 11.5 Å². The average molecular weight is 750 g/mol. The third-order valence-corrected chi connectivity index (χ3v) is 6.12. The van der Waals surface area contributed by atoms with Crippen LogP contribution in [0.3, 0.4) is 0 Å². The fraction of sp³-hybridized carbons (Fsp3) is 0.0625. The summed E-state index contributed by atoms with van der Waals surface area (Å²) in [4.78, 5) is 67.9. The second kappa shape index (κ2) is 21.0. The molecule has 0 aromatic heterocycles. The minimum atomic E-state index is -0.754. The molecule has 4 aromatic rings. The summed E-state index contributed by atoms with van der Waals surface area (Å²) in [6.45, 7) is 2.30. The monoisotopic (exact) mass is 750 g/mol. The third kappa shape index (κ3) is 13.1. The van der Waals surface area contributed by atoms with Gasteiger partial charge in [-0.25, -0.2) is 0 Å². The number of ketones is 2. The molecule has 0 aliphatic heterocycles. The second-order valence-corrected chi connectivity index (χ2v) is 9.81. The van der Waals surface area contributed by atoms with Crippen molar-refractivity contribution in [3.63, 3.8) is 0 Å². The van der Waals surface area contributed by atoms with Gasteiger partial charge < -0.3 is 20.8 Å². The number of rotatable bonds is 12. The zero-order valence-electron chi connectivity index (χ0n) is 27.5. The molecule has 2 amide bonds. The summed E-state index contributed by atoms with van der Waals surface area (Å²) in [6, 6.07) is 23.4. The standard InChI is InChI=1S/2C16H14N4O5.Co.Li/c2*1-10(21)15(16(23)17-11-5-3-2-4-6-11)19-18-13-9-12(20(24)25)7-8-14(13)22;;/h2*2-9,18,22H,1H3,(H,17,23);;/q;;;+1/b2*19-15+;;. The Hall–Kier alpha value is -6.40. The molecule has 0 spiro atoms. The number of Topliss-reactive ketones (excluding diaryl/α,β-unsaturated/α-hetero) is 2. The summed E-state index contributed by atoms with van der Waals surface area (Å²) in [5, 5.41) is 53.3. The third-order valence-electron chi connectivity index (χ3n) is 6.12. The van der Waals surface area contributed by atoms with Crippen molar-refractivity contribution in [2.75, 3.05) is 21.5 Å². The number of phenolic OH excluding ortho intramolecular Hbond substituents is 2. The van der Waals surface area contributed by atoms with Gasteiger partial charge in [0.05, 0.1) is 9.85 Å². The predicted molar refractivity (Wildman–Crippen MR) is 183 cm³/mol. The molecule has 265 valence electrons. The number of carbonyl (C=O) groups is 4.